The Kier molecular flexibility index (Phi) is 5.12. The van der Waals surface area contributed by atoms with Crippen molar-refractivity contribution in [1.29, 1.82) is 0 Å². The molecule has 0 radical (unpaired) electrons. The van der Waals surface area contributed by atoms with Gasteiger partial charge in [-0.05, 0) is 49.3 Å². The number of halogens is 1. The summed E-state index contributed by atoms with van der Waals surface area (Å²) in [6, 6.07) is 6.30. The minimum Gasteiger partial charge on any atom is -0.299 e. The molecular formula is C17H23FO. The van der Waals surface area contributed by atoms with Crippen molar-refractivity contribution >= 4 is 5.78 Å². The first kappa shape index (κ1) is 14.2. The highest BCUT2D eigenvalue weighted by Gasteiger charge is 2.25. The number of carbonyl (C=O) groups is 1. The first-order valence-electron chi connectivity index (χ1n) is 7.46. The monoisotopic (exact) mass is 262 g/mol. The van der Waals surface area contributed by atoms with Gasteiger partial charge in [-0.3, -0.25) is 4.79 Å². The van der Waals surface area contributed by atoms with Crippen LogP contribution >= 0.6 is 0 Å². The summed E-state index contributed by atoms with van der Waals surface area (Å²) in [6.45, 7) is 2.23. The Morgan fingerprint density at radius 2 is 1.79 bits per heavy atom. The van der Waals surface area contributed by atoms with Crippen molar-refractivity contribution in [2.45, 2.75) is 51.9 Å². The van der Waals surface area contributed by atoms with Crippen LogP contribution in [0.1, 0.15) is 51.0 Å². The van der Waals surface area contributed by atoms with Gasteiger partial charge in [0.2, 0.25) is 0 Å². The molecule has 19 heavy (non-hydrogen) atoms. The summed E-state index contributed by atoms with van der Waals surface area (Å²) in [4.78, 5) is 12.2. The van der Waals surface area contributed by atoms with Gasteiger partial charge in [0.15, 0.2) is 0 Å². The largest absolute Gasteiger partial charge is 0.299 e. The van der Waals surface area contributed by atoms with Crippen molar-refractivity contribution in [1.82, 2.24) is 0 Å². The first-order valence-corrected chi connectivity index (χ1v) is 7.46. The topological polar surface area (TPSA) is 17.1 Å². The van der Waals surface area contributed by atoms with Gasteiger partial charge in [0.1, 0.15) is 11.6 Å². The Labute approximate surface area is 115 Å². The summed E-state index contributed by atoms with van der Waals surface area (Å²) in [5, 5.41) is 0. The number of Topliss-reactive ketones (excluding diaryl/α,β-unsaturated/α-hetero) is 1. The molecule has 0 atom stereocenters. The van der Waals surface area contributed by atoms with Crippen LogP contribution in [0.5, 0.6) is 0 Å². The van der Waals surface area contributed by atoms with Crippen LogP contribution in [0, 0.1) is 17.7 Å². The molecule has 104 valence electrons. The average Bonchev–Trinajstić information content (AvgIpc) is 2.42. The molecule has 0 unspecified atom stereocenters. The number of carbonyl (C=O) groups excluding carboxylic acids is 1. The van der Waals surface area contributed by atoms with Crippen LogP contribution in [0.25, 0.3) is 0 Å². The molecule has 0 N–H and O–H groups in total. The Hall–Kier alpha value is -1.18. The third-order valence-corrected chi connectivity index (χ3v) is 4.29. The number of benzene rings is 1. The summed E-state index contributed by atoms with van der Waals surface area (Å²) < 4.78 is 12.8. The predicted octanol–water partition coefficient (Wildman–Crippen LogP) is 4.54. The molecule has 0 aliphatic heterocycles. The standard InChI is InChI=1S/C17H23FO/c1-2-3-13-4-8-15(9-5-13)17(19)12-14-6-10-16(18)11-7-14/h6-7,10-11,13,15H,2-5,8-9,12H2,1H3. The van der Waals surface area contributed by atoms with Crippen LogP contribution in [-0.4, -0.2) is 5.78 Å². The second-order valence-corrected chi connectivity index (χ2v) is 5.78. The molecule has 0 saturated heterocycles. The van der Waals surface area contributed by atoms with E-state index in [1.54, 1.807) is 12.1 Å². The highest BCUT2D eigenvalue weighted by molar-refractivity contribution is 5.83. The Morgan fingerprint density at radius 3 is 2.37 bits per heavy atom. The highest BCUT2D eigenvalue weighted by atomic mass is 19.1. The summed E-state index contributed by atoms with van der Waals surface area (Å²) >= 11 is 0. The van der Waals surface area contributed by atoms with Crippen molar-refractivity contribution in [2.24, 2.45) is 11.8 Å². The fourth-order valence-corrected chi connectivity index (χ4v) is 3.13. The van der Waals surface area contributed by atoms with E-state index in [1.165, 1.54) is 37.8 Å². The molecule has 1 nitrogen and oxygen atoms in total. The zero-order chi connectivity index (χ0) is 13.7. The maximum absolute atomic E-state index is 12.8. The fourth-order valence-electron chi connectivity index (χ4n) is 3.13. The van der Waals surface area contributed by atoms with E-state index in [0.717, 1.165) is 24.3 Å². The summed E-state index contributed by atoms with van der Waals surface area (Å²) in [5.74, 6) is 1.16. The number of hydrogen-bond acceptors (Lipinski definition) is 1. The number of hydrogen-bond donors (Lipinski definition) is 0. The van der Waals surface area contributed by atoms with Crippen molar-refractivity contribution < 1.29 is 9.18 Å². The van der Waals surface area contributed by atoms with Crippen molar-refractivity contribution in [3.05, 3.63) is 35.6 Å². The molecule has 0 amide bonds. The number of ketones is 1. The van der Waals surface area contributed by atoms with E-state index < -0.39 is 0 Å². The van der Waals surface area contributed by atoms with Gasteiger partial charge < -0.3 is 0 Å². The molecule has 0 aromatic heterocycles. The lowest BCUT2D eigenvalue weighted by Crippen LogP contribution is -2.23. The van der Waals surface area contributed by atoms with Gasteiger partial charge in [0, 0.05) is 12.3 Å². The van der Waals surface area contributed by atoms with E-state index in [2.05, 4.69) is 6.92 Å². The molecule has 1 aliphatic carbocycles. The van der Waals surface area contributed by atoms with Crippen LogP contribution in [-0.2, 0) is 11.2 Å². The second-order valence-electron chi connectivity index (χ2n) is 5.78. The third kappa shape index (κ3) is 4.15. The van der Waals surface area contributed by atoms with Gasteiger partial charge in [-0.2, -0.15) is 0 Å². The van der Waals surface area contributed by atoms with Crippen LogP contribution in [0.15, 0.2) is 24.3 Å². The van der Waals surface area contributed by atoms with E-state index in [1.807, 2.05) is 0 Å². The summed E-state index contributed by atoms with van der Waals surface area (Å²) in [5.41, 5.74) is 0.932. The molecule has 2 heteroatoms. The Bertz CT molecular complexity index is 402. The second kappa shape index (κ2) is 6.83. The van der Waals surface area contributed by atoms with E-state index >= 15 is 0 Å². The smallest absolute Gasteiger partial charge is 0.140 e. The maximum atomic E-state index is 12.8. The lowest BCUT2D eigenvalue weighted by atomic mass is 9.77. The molecule has 1 saturated carbocycles. The maximum Gasteiger partial charge on any atom is 0.140 e. The quantitative estimate of drug-likeness (QED) is 0.761. The van der Waals surface area contributed by atoms with E-state index in [-0.39, 0.29) is 11.7 Å². The van der Waals surface area contributed by atoms with Crippen LogP contribution in [0.4, 0.5) is 4.39 Å². The molecule has 0 spiro atoms. The lowest BCUT2D eigenvalue weighted by molar-refractivity contribution is -0.123. The van der Waals surface area contributed by atoms with Crippen LogP contribution in [0.2, 0.25) is 0 Å². The molecule has 1 aromatic carbocycles. The minimum absolute atomic E-state index is 0.234. The van der Waals surface area contributed by atoms with Crippen molar-refractivity contribution in [3.8, 4) is 0 Å². The molecule has 1 aromatic rings. The molecule has 2 rings (SSSR count). The Balaban J connectivity index is 1.83. The predicted molar refractivity (Wildman–Crippen MR) is 75.5 cm³/mol. The zero-order valence-electron chi connectivity index (χ0n) is 11.7. The van der Waals surface area contributed by atoms with Crippen molar-refractivity contribution in [2.75, 3.05) is 0 Å². The zero-order valence-corrected chi connectivity index (χ0v) is 11.7. The Morgan fingerprint density at radius 1 is 1.16 bits per heavy atom. The lowest BCUT2D eigenvalue weighted by Gasteiger charge is -2.27. The van der Waals surface area contributed by atoms with Gasteiger partial charge >= 0.3 is 0 Å². The molecule has 0 heterocycles. The van der Waals surface area contributed by atoms with Gasteiger partial charge in [-0.1, -0.05) is 31.9 Å². The summed E-state index contributed by atoms with van der Waals surface area (Å²) in [7, 11) is 0. The average molecular weight is 262 g/mol. The minimum atomic E-state index is -0.240. The molecule has 0 bridgehead atoms. The first-order chi connectivity index (χ1) is 9.19. The van der Waals surface area contributed by atoms with Gasteiger partial charge in [0.25, 0.3) is 0 Å². The SMILES string of the molecule is CCCC1CCC(C(=O)Cc2ccc(F)cc2)CC1. The number of rotatable bonds is 5. The highest BCUT2D eigenvalue weighted by Crippen LogP contribution is 2.32. The van der Waals surface area contributed by atoms with Crippen LogP contribution in [0.3, 0.4) is 0 Å². The van der Waals surface area contributed by atoms with Crippen molar-refractivity contribution in [3.63, 3.8) is 0 Å². The van der Waals surface area contributed by atoms with Gasteiger partial charge in [0.05, 0.1) is 0 Å². The van der Waals surface area contributed by atoms with E-state index in [4.69, 9.17) is 0 Å². The normalized spacial score (nSPS) is 23.3. The van der Waals surface area contributed by atoms with Gasteiger partial charge in [-0.15, -0.1) is 0 Å². The molecule has 1 aliphatic rings. The van der Waals surface area contributed by atoms with E-state index in [9.17, 15) is 9.18 Å². The van der Waals surface area contributed by atoms with Crippen LogP contribution < -0.4 is 0 Å². The van der Waals surface area contributed by atoms with Gasteiger partial charge in [-0.25, -0.2) is 4.39 Å². The molecule has 1 fully saturated rings. The van der Waals surface area contributed by atoms with E-state index in [0.29, 0.717) is 12.2 Å². The molecular weight excluding hydrogens is 239 g/mol. The summed E-state index contributed by atoms with van der Waals surface area (Å²) in [6.07, 6.45) is 7.51. The fraction of sp³-hybridized carbons (Fsp3) is 0.588. The third-order valence-electron chi connectivity index (χ3n) is 4.29.